The monoisotopic (exact) mass is 278 g/mol. The van der Waals surface area contributed by atoms with Crippen LogP contribution in [0, 0.1) is 0 Å². The topological polar surface area (TPSA) is 83.1 Å². The summed E-state index contributed by atoms with van der Waals surface area (Å²) in [7, 11) is 1.76. The van der Waals surface area contributed by atoms with Gasteiger partial charge in [0, 0.05) is 24.8 Å². The van der Waals surface area contributed by atoms with E-state index in [0.717, 1.165) is 18.5 Å². The average molecular weight is 278 g/mol. The van der Waals surface area contributed by atoms with Gasteiger partial charge in [-0.2, -0.15) is 0 Å². The summed E-state index contributed by atoms with van der Waals surface area (Å²) in [5.74, 6) is 0.184. The Hall–Kier alpha value is -2.11. The Labute approximate surface area is 119 Å². The summed E-state index contributed by atoms with van der Waals surface area (Å²) in [5, 5.41) is 8.16. The molecule has 0 fully saturated rings. The van der Waals surface area contributed by atoms with Crippen LogP contribution in [0.25, 0.3) is 0 Å². The van der Waals surface area contributed by atoms with Crippen LogP contribution in [0.3, 0.4) is 0 Å². The van der Waals surface area contributed by atoms with Gasteiger partial charge in [0.1, 0.15) is 5.82 Å². The van der Waals surface area contributed by atoms with E-state index in [-0.39, 0.29) is 18.4 Å². The minimum absolute atomic E-state index is 0.0208. The van der Waals surface area contributed by atoms with Gasteiger partial charge in [-0.25, -0.2) is 4.98 Å². The molecule has 0 saturated heterocycles. The van der Waals surface area contributed by atoms with Crippen molar-refractivity contribution in [2.45, 2.75) is 26.7 Å². The van der Waals surface area contributed by atoms with Crippen molar-refractivity contribution in [2.24, 2.45) is 0 Å². The van der Waals surface area contributed by atoms with Gasteiger partial charge in [0.2, 0.25) is 5.91 Å². The van der Waals surface area contributed by atoms with Crippen molar-refractivity contribution in [3.05, 3.63) is 23.4 Å². The molecule has 0 spiro atoms. The van der Waals surface area contributed by atoms with Crippen LogP contribution in [0.1, 0.15) is 36.3 Å². The number of aryl methyl sites for hydroxylation is 1. The molecule has 0 aliphatic rings. The molecule has 0 radical (unpaired) electrons. The average Bonchev–Trinajstić information content (AvgIpc) is 2.45. The molecule has 1 aromatic rings. The molecule has 3 N–H and O–H groups in total. The maximum absolute atomic E-state index is 12.0. The smallest absolute Gasteiger partial charge is 0.251 e. The van der Waals surface area contributed by atoms with E-state index < -0.39 is 0 Å². The molecule has 110 valence electrons. The summed E-state index contributed by atoms with van der Waals surface area (Å²) in [4.78, 5) is 27.7. The quantitative estimate of drug-likeness (QED) is 0.693. The second-order valence-corrected chi connectivity index (χ2v) is 4.37. The molecule has 6 nitrogen and oxygen atoms in total. The molecule has 2 amide bonds. The molecule has 0 atom stereocenters. The van der Waals surface area contributed by atoms with Crippen LogP contribution in [-0.4, -0.2) is 36.9 Å². The minimum atomic E-state index is -0.271. The largest absolute Gasteiger partial charge is 0.373 e. The van der Waals surface area contributed by atoms with E-state index in [2.05, 4.69) is 27.9 Å². The normalized spacial score (nSPS) is 9.95. The van der Waals surface area contributed by atoms with Gasteiger partial charge in [-0.1, -0.05) is 13.3 Å². The van der Waals surface area contributed by atoms with E-state index in [9.17, 15) is 9.59 Å². The zero-order valence-corrected chi connectivity index (χ0v) is 12.2. The molecule has 0 unspecified atom stereocenters. The van der Waals surface area contributed by atoms with E-state index in [0.29, 0.717) is 17.9 Å². The molecule has 0 aromatic carbocycles. The van der Waals surface area contributed by atoms with Crippen molar-refractivity contribution in [1.82, 2.24) is 15.6 Å². The Morgan fingerprint density at radius 3 is 2.55 bits per heavy atom. The highest BCUT2D eigenvalue weighted by atomic mass is 16.2. The van der Waals surface area contributed by atoms with Gasteiger partial charge in [0.25, 0.3) is 5.91 Å². The van der Waals surface area contributed by atoms with Gasteiger partial charge in [-0.3, -0.25) is 9.59 Å². The third kappa shape index (κ3) is 4.87. The molecule has 1 rings (SSSR count). The van der Waals surface area contributed by atoms with E-state index in [1.807, 2.05) is 6.92 Å². The van der Waals surface area contributed by atoms with Gasteiger partial charge < -0.3 is 16.0 Å². The summed E-state index contributed by atoms with van der Waals surface area (Å²) < 4.78 is 0. The lowest BCUT2D eigenvalue weighted by molar-refractivity contribution is -0.120. The lowest BCUT2D eigenvalue weighted by Crippen LogP contribution is -2.36. The fourth-order valence-electron chi connectivity index (χ4n) is 1.75. The predicted molar refractivity (Wildman–Crippen MR) is 78.8 cm³/mol. The van der Waals surface area contributed by atoms with Crippen LogP contribution < -0.4 is 16.0 Å². The SMILES string of the molecule is CCCc1cc(C(=O)NCC(=O)NCC)cc(NC)n1. The number of carbonyl (C=O) groups is 2. The first-order valence-electron chi connectivity index (χ1n) is 6.84. The van der Waals surface area contributed by atoms with Crippen LogP contribution in [0.15, 0.2) is 12.1 Å². The molecule has 1 heterocycles. The Balaban J connectivity index is 2.75. The Bertz CT molecular complexity index is 474. The number of likely N-dealkylation sites (N-methyl/N-ethyl adjacent to an activating group) is 1. The third-order valence-corrected chi connectivity index (χ3v) is 2.69. The molecule has 0 aliphatic heterocycles. The van der Waals surface area contributed by atoms with Crippen molar-refractivity contribution in [1.29, 1.82) is 0 Å². The number of carbonyl (C=O) groups excluding carboxylic acids is 2. The van der Waals surface area contributed by atoms with E-state index in [1.165, 1.54) is 0 Å². The first-order valence-corrected chi connectivity index (χ1v) is 6.84. The maximum Gasteiger partial charge on any atom is 0.251 e. The van der Waals surface area contributed by atoms with E-state index in [4.69, 9.17) is 0 Å². The number of amides is 2. The highest BCUT2D eigenvalue weighted by molar-refractivity contribution is 5.97. The van der Waals surface area contributed by atoms with Crippen molar-refractivity contribution < 1.29 is 9.59 Å². The number of anilines is 1. The highest BCUT2D eigenvalue weighted by Gasteiger charge is 2.10. The number of rotatable bonds is 7. The molecular weight excluding hydrogens is 256 g/mol. The summed E-state index contributed by atoms with van der Waals surface area (Å²) >= 11 is 0. The molecule has 1 aromatic heterocycles. The third-order valence-electron chi connectivity index (χ3n) is 2.69. The van der Waals surface area contributed by atoms with Crippen molar-refractivity contribution >= 4 is 17.6 Å². The fourth-order valence-corrected chi connectivity index (χ4v) is 1.75. The van der Waals surface area contributed by atoms with Crippen LogP contribution in [0.4, 0.5) is 5.82 Å². The van der Waals surface area contributed by atoms with Crippen molar-refractivity contribution in [3.8, 4) is 0 Å². The number of pyridine rings is 1. The minimum Gasteiger partial charge on any atom is -0.373 e. The summed E-state index contributed by atoms with van der Waals surface area (Å²) in [5.41, 5.74) is 1.37. The Morgan fingerprint density at radius 2 is 1.95 bits per heavy atom. The highest BCUT2D eigenvalue weighted by Crippen LogP contribution is 2.11. The number of hydrogen-bond donors (Lipinski definition) is 3. The standard InChI is InChI=1S/C14H22N4O2/c1-4-6-11-7-10(8-12(15-3)18-11)14(20)17-9-13(19)16-5-2/h7-8H,4-6,9H2,1-3H3,(H,15,18)(H,16,19)(H,17,20). The number of nitrogens with one attached hydrogen (secondary N) is 3. The second kappa shape index (κ2) is 8.14. The molecular formula is C14H22N4O2. The van der Waals surface area contributed by atoms with Gasteiger partial charge in [0.05, 0.1) is 6.54 Å². The zero-order chi connectivity index (χ0) is 15.0. The summed E-state index contributed by atoms with van der Waals surface area (Å²) in [6, 6.07) is 3.43. The summed E-state index contributed by atoms with van der Waals surface area (Å²) in [6.45, 7) is 4.42. The van der Waals surface area contributed by atoms with Crippen LogP contribution >= 0.6 is 0 Å². The fraction of sp³-hybridized carbons (Fsp3) is 0.500. The molecule has 6 heteroatoms. The Kier molecular flexibility index (Phi) is 6.49. The van der Waals surface area contributed by atoms with Crippen LogP contribution in [0.2, 0.25) is 0 Å². The number of hydrogen-bond acceptors (Lipinski definition) is 4. The zero-order valence-electron chi connectivity index (χ0n) is 12.2. The predicted octanol–water partition coefficient (Wildman–Crippen LogP) is 0.942. The Morgan fingerprint density at radius 1 is 1.20 bits per heavy atom. The van der Waals surface area contributed by atoms with Gasteiger partial charge in [-0.15, -0.1) is 0 Å². The molecule has 20 heavy (non-hydrogen) atoms. The van der Waals surface area contributed by atoms with Crippen molar-refractivity contribution in [2.75, 3.05) is 25.5 Å². The van der Waals surface area contributed by atoms with Gasteiger partial charge in [0.15, 0.2) is 0 Å². The van der Waals surface area contributed by atoms with E-state index in [1.54, 1.807) is 19.2 Å². The number of nitrogens with zero attached hydrogens (tertiary/aromatic N) is 1. The molecule has 0 aliphatic carbocycles. The maximum atomic E-state index is 12.0. The molecule has 0 saturated carbocycles. The van der Waals surface area contributed by atoms with Crippen LogP contribution in [-0.2, 0) is 11.2 Å². The second-order valence-electron chi connectivity index (χ2n) is 4.37. The van der Waals surface area contributed by atoms with Crippen molar-refractivity contribution in [3.63, 3.8) is 0 Å². The molecule has 0 bridgehead atoms. The van der Waals surface area contributed by atoms with Gasteiger partial charge in [-0.05, 0) is 25.5 Å². The lowest BCUT2D eigenvalue weighted by atomic mass is 10.1. The first-order chi connectivity index (χ1) is 9.60. The summed E-state index contributed by atoms with van der Waals surface area (Å²) in [6.07, 6.45) is 1.77. The van der Waals surface area contributed by atoms with Crippen LogP contribution in [0.5, 0.6) is 0 Å². The van der Waals surface area contributed by atoms with Gasteiger partial charge >= 0.3 is 0 Å². The lowest BCUT2D eigenvalue weighted by Gasteiger charge is -2.09. The first kappa shape index (κ1) is 15.9. The van der Waals surface area contributed by atoms with E-state index >= 15 is 0 Å². The number of aromatic nitrogens is 1.